The Kier molecular flexibility index (Phi) is 5.74. The molecule has 26 heavy (non-hydrogen) atoms. The molecule has 0 spiro atoms. The van der Waals surface area contributed by atoms with E-state index in [2.05, 4.69) is 15.3 Å². The van der Waals surface area contributed by atoms with Crippen molar-refractivity contribution in [3.05, 3.63) is 58.1 Å². The first-order valence-electron chi connectivity index (χ1n) is 7.02. The zero-order valence-corrected chi connectivity index (χ0v) is 13.5. The Hall–Kier alpha value is -2.36. The Morgan fingerprint density at radius 1 is 1.12 bits per heavy atom. The molecular formula is C15H10ClF6N3O. The van der Waals surface area contributed by atoms with E-state index in [1.807, 2.05) is 0 Å². The van der Waals surface area contributed by atoms with E-state index in [1.54, 1.807) is 0 Å². The zero-order chi connectivity index (χ0) is 19.5. The van der Waals surface area contributed by atoms with Gasteiger partial charge in [-0.1, -0.05) is 11.6 Å². The number of hydrogen-bond acceptors (Lipinski definition) is 3. The largest absolute Gasteiger partial charge is 0.434 e. The van der Waals surface area contributed by atoms with Gasteiger partial charge in [0.25, 0.3) is 5.91 Å². The number of alkyl halides is 6. The van der Waals surface area contributed by atoms with Crippen LogP contribution in [0.3, 0.4) is 0 Å². The summed E-state index contributed by atoms with van der Waals surface area (Å²) in [6, 6.07) is 2.83. The standard InChI is InChI=1S/C15H10ClF6N3O/c16-10-6-8(14(17,18)19)7-25-11(10)3-5-24-13(26)9-2-1-4-23-12(9)15(20,21)22/h1-2,4,6-7H,3,5H2,(H,24,26). The number of nitrogens with zero attached hydrogens (tertiary/aromatic N) is 2. The number of amides is 1. The van der Waals surface area contributed by atoms with Crippen LogP contribution in [0.25, 0.3) is 0 Å². The monoisotopic (exact) mass is 397 g/mol. The average Bonchev–Trinajstić information content (AvgIpc) is 2.54. The molecule has 0 saturated heterocycles. The highest BCUT2D eigenvalue weighted by atomic mass is 35.5. The molecule has 0 radical (unpaired) electrons. The van der Waals surface area contributed by atoms with Crippen molar-refractivity contribution >= 4 is 17.5 Å². The summed E-state index contributed by atoms with van der Waals surface area (Å²) < 4.78 is 76.0. The van der Waals surface area contributed by atoms with E-state index >= 15 is 0 Å². The molecule has 2 rings (SSSR count). The van der Waals surface area contributed by atoms with Crippen LogP contribution in [0.2, 0.25) is 5.02 Å². The Morgan fingerprint density at radius 2 is 1.81 bits per heavy atom. The molecular weight excluding hydrogens is 388 g/mol. The minimum absolute atomic E-state index is 0.0652. The highest BCUT2D eigenvalue weighted by molar-refractivity contribution is 6.31. The molecule has 0 unspecified atom stereocenters. The first kappa shape index (κ1) is 20.0. The SMILES string of the molecule is O=C(NCCc1ncc(C(F)(F)F)cc1Cl)c1cccnc1C(F)(F)F. The highest BCUT2D eigenvalue weighted by Crippen LogP contribution is 2.31. The van der Waals surface area contributed by atoms with E-state index in [-0.39, 0.29) is 23.7 Å². The predicted octanol–water partition coefficient (Wildman–Crippen LogP) is 4.14. The molecule has 2 aromatic rings. The van der Waals surface area contributed by atoms with Gasteiger partial charge in [0.2, 0.25) is 0 Å². The number of nitrogens with one attached hydrogen (secondary N) is 1. The van der Waals surface area contributed by atoms with E-state index in [1.165, 1.54) is 6.07 Å². The van der Waals surface area contributed by atoms with Crippen LogP contribution < -0.4 is 5.32 Å². The number of aromatic nitrogens is 2. The third-order valence-electron chi connectivity index (χ3n) is 3.21. The summed E-state index contributed by atoms with van der Waals surface area (Å²) in [5, 5.41) is 1.97. The Morgan fingerprint density at radius 3 is 2.38 bits per heavy atom. The average molecular weight is 398 g/mol. The van der Waals surface area contributed by atoms with Gasteiger partial charge in [0, 0.05) is 25.4 Å². The first-order chi connectivity index (χ1) is 12.0. The maximum Gasteiger partial charge on any atom is 0.434 e. The van der Waals surface area contributed by atoms with Crippen LogP contribution in [0.15, 0.2) is 30.6 Å². The van der Waals surface area contributed by atoms with Crippen molar-refractivity contribution in [3.63, 3.8) is 0 Å². The third kappa shape index (κ3) is 4.84. The molecule has 0 aliphatic rings. The van der Waals surface area contributed by atoms with Gasteiger partial charge in [0.15, 0.2) is 5.69 Å². The Labute approximate surface area is 148 Å². The van der Waals surface area contributed by atoms with Crippen molar-refractivity contribution in [1.29, 1.82) is 0 Å². The summed E-state index contributed by atoms with van der Waals surface area (Å²) >= 11 is 5.72. The minimum Gasteiger partial charge on any atom is -0.352 e. The lowest BCUT2D eigenvalue weighted by Gasteiger charge is -2.12. The van der Waals surface area contributed by atoms with Gasteiger partial charge in [-0.2, -0.15) is 26.3 Å². The smallest absolute Gasteiger partial charge is 0.352 e. The van der Waals surface area contributed by atoms with Crippen molar-refractivity contribution in [2.75, 3.05) is 6.54 Å². The molecule has 0 aliphatic carbocycles. The minimum atomic E-state index is -4.80. The summed E-state index contributed by atoms with van der Waals surface area (Å²) in [6.07, 6.45) is -7.97. The molecule has 140 valence electrons. The number of rotatable bonds is 4. The number of pyridine rings is 2. The molecule has 0 saturated carbocycles. The summed E-state index contributed by atoms with van der Waals surface area (Å²) in [5.41, 5.74) is -2.95. The van der Waals surface area contributed by atoms with Crippen LogP contribution >= 0.6 is 11.6 Å². The lowest BCUT2D eigenvalue weighted by Crippen LogP contribution is -2.29. The Bertz CT molecular complexity index is 807. The molecule has 0 bridgehead atoms. The molecule has 0 fully saturated rings. The van der Waals surface area contributed by atoms with E-state index < -0.39 is 35.1 Å². The summed E-state index contributed by atoms with van der Waals surface area (Å²) in [4.78, 5) is 18.7. The van der Waals surface area contributed by atoms with E-state index in [4.69, 9.17) is 11.6 Å². The fraction of sp³-hybridized carbons (Fsp3) is 0.267. The zero-order valence-electron chi connectivity index (χ0n) is 12.7. The van der Waals surface area contributed by atoms with Crippen LogP contribution in [0.1, 0.15) is 27.3 Å². The molecule has 1 amide bonds. The van der Waals surface area contributed by atoms with Crippen LogP contribution in [0, 0.1) is 0 Å². The molecule has 2 aromatic heterocycles. The van der Waals surface area contributed by atoms with Gasteiger partial charge in [0.1, 0.15) is 0 Å². The van der Waals surface area contributed by atoms with E-state index in [0.29, 0.717) is 12.3 Å². The lowest BCUT2D eigenvalue weighted by atomic mass is 10.1. The normalized spacial score (nSPS) is 12.1. The fourth-order valence-electron chi connectivity index (χ4n) is 2.01. The second-order valence-corrected chi connectivity index (χ2v) is 5.46. The van der Waals surface area contributed by atoms with Crippen LogP contribution in [-0.4, -0.2) is 22.4 Å². The molecule has 4 nitrogen and oxygen atoms in total. The van der Waals surface area contributed by atoms with Gasteiger partial charge in [-0.3, -0.25) is 14.8 Å². The molecule has 0 aromatic carbocycles. The van der Waals surface area contributed by atoms with Gasteiger partial charge in [-0.25, -0.2) is 0 Å². The molecule has 1 N–H and O–H groups in total. The Balaban J connectivity index is 2.04. The van der Waals surface area contributed by atoms with Crippen LogP contribution in [0.4, 0.5) is 26.3 Å². The molecule has 11 heteroatoms. The van der Waals surface area contributed by atoms with Gasteiger partial charge in [0.05, 0.1) is 21.8 Å². The van der Waals surface area contributed by atoms with Crippen LogP contribution in [0.5, 0.6) is 0 Å². The van der Waals surface area contributed by atoms with E-state index in [9.17, 15) is 31.1 Å². The summed E-state index contributed by atoms with van der Waals surface area (Å²) in [6.45, 7) is -0.177. The van der Waals surface area contributed by atoms with Crippen molar-refractivity contribution in [3.8, 4) is 0 Å². The summed E-state index contributed by atoms with van der Waals surface area (Å²) in [7, 11) is 0. The topological polar surface area (TPSA) is 54.9 Å². The maximum atomic E-state index is 12.8. The van der Waals surface area contributed by atoms with Gasteiger partial charge < -0.3 is 5.32 Å². The lowest BCUT2D eigenvalue weighted by molar-refractivity contribution is -0.141. The first-order valence-corrected chi connectivity index (χ1v) is 7.40. The molecule has 0 atom stereocenters. The van der Waals surface area contributed by atoms with Gasteiger partial charge in [-0.05, 0) is 18.2 Å². The van der Waals surface area contributed by atoms with Gasteiger partial charge >= 0.3 is 12.4 Å². The van der Waals surface area contributed by atoms with Crippen molar-refractivity contribution in [1.82, 2.24) is 15.3 Å². The second-order valence-electron chi connectivity index (χ2n) is 5.05. The second kappa shape index (κ2) is 7.48. The van der Waals surface area contributed by atoms with Crippen molar-refractivity contribution in [2.24, 2.45) is 0 Å². The molecule has 0 aliphatic heterocycles. The number of hydrogen-bond donors (Lipinski definition) is 1. The van der Waals surface area contributed by atoms with Crippen LogP contribution in [-0.2, 0) is 18.8 Å². The number of halogens is 7. The quantitative estimate of drug-likeness (QED) is 0.789. The van der Waals surface area contributed by atoms with Crippen molar-refractivity contribution in [2.45, 2.75) is 18.8 Å². The van der Waals surface area contributed by atoms with E-state index in [0.717, 1.165) is 12.3 Å². The predicted molar refractivity (Wildman–Crippen MR) is 79.5 cm³/mol. The highest BCUT2D eigenvalue weighted by Gasteiger charge is 2.37. The third-order valence-corrected chi connectivity index (χ3v) is 3.54. The number of carbonyl (C=O) groups is 1. The molecule has 2 heterocycles. The fourth-order valence-corrected chi connectivity index (χ4v) is 2.27. The number of carbonyl (C=O) groups excluding carboxylic acids is 1. The maximum absolute atomic E-state index is 12.8. The van der Waals surface area contributed by atoms with Gasteiger partial charge in [-0.15, -0.1) is 0 Å². The van der Waals surface area contributed by atoms with Crippen molar-refractivity contribution < 1.29 is 31.1 Å². The summed E-state index contributed by atoms with van der Waals surface area (Å²) in [5.74, 6) is -1.02.